The minimum Gasteiger partial charge on any atom is -0.399 e. The Balaban J connectivity index is 1.22. The van der Waals surface area contributed by atoms with Gasteiger partial charge in [0, 0.05) is 31.5 Å². The number of aromatic nitrogens is 3. The van der Waals surface area contributed by atoms with Crippen LogP contribution in [-0.4, -0.2) is 33.3 Å². The fourth-order valence-electron chi connectivity index (χ4n) is 5.93. The maximum absolute atomic E-state index is 6.37. The first kappa shape index (κ1) is 28.8. The van der Waals surface area contributed by atoms with E-state index in [-0.39, 0.29) is 11.2 Å². The summed E-state index contributed by atoms with van der Waals surface area (Å²) in [7, 11) is -0.397. The van der Waals surface area contributed by atoms with Crippen molar-refractivity contribution in [3.63, 3.8) is 0 Å². The molecule has 0 radical (unpaired) electrons. The van der Waals surface area contributed by atoms with Gasteiger partial charge in [-0.2, -0.15) is 0 Å². The zero-order valence-electron chi connectivity index (χ0n) is 26.2. The van der Waals surface area contributed by atoms with Crippen LogP contribution < -0.4 is 5.46 Å². The van der Waals surface area contributed by atoms with E-state index in [4.69, 9.17) is 24.3 Å². The van der Waals surface area contributed by atoms with E-state index in [0.717, 1.165) is 27.7 Å². The standard InChI is InChI=1S/C39H32BN3O2S/c1-38(2)39(3,4)45-40(44-38)29-21-22-33-32(24-29)31-20-12-19-30(34(31)46-33)27-17-11-18-28(23-27)37-42-35(25-13-7-5-8-14-25)41-36(43-37)26-15-9-6-10-16-26/h5-24H,1-4H3. The molecule has 0 spiro atoms. The summed E-state index contributed by atoms with van der Waals surface area (Å²) < 4.78 is 15.2. The first-order valence-corrected chi connectivity index (χ1v) is 16.4. The largest absolute Gasteiger partial charge is 0.494 e. The zero-order chi connectivity index (χ0) is 31.5. The number of fused-ring (bicyclic) bond motifs is 3. The van der Waals surface area contributed by atoms with E-state index in [0.29, 0.717) is 17.5 Å². The van der Waals surface area contributed by atoms with Crippen LogP contribution in [0.2, 0.25) is 0 Å². The van der Waals surface area contributed by atoms with Crippen LogP contribution in [0, 0.1) is 0 Å². The van der Waals surface area contributed by atoms with E-state index in [2.05, 4.69) is 88.4 Å². The fourth-order valence-corrected chi connectivity index (χ4v) is 7.15. The Bertz CT molecular complexity index is 2160. The lowest BCUT2D eigenvalue weighted by Gasteiger charge is -2.32. The molecule has 0 saturated carbocycles. The summed E-state index contributed by atoms with van der Waals surface area (Å²) >= 11 is 1.81. The molecule has 0 amide bonds. The third-order valence-corrected chi connectivity index (χ3v) is 10.4. The van der Waals surface area contributed by atoms with Crippen molar-refractivity contribution >= 4 is 44.1 Å². The van der Waals surface area contributed by atoms with Crippen molar-refractivity contribution in [2.75, 3.05) is 0 Å². The van der Waals surface area contributed by atoms with Gasteiger partial charge in [0.2, 0.25) is 0 Å². The van der Waals surface area contributed by atoms with Crippen LogP contribution in [0.3, 0.4) is 0 Å². The van der Waals surface area contributed by atoms with Crippen molar-refractivity contribution in [3.8, 4) is 45.3 Å². The Hall–Kier alpha value is -4.69. The molecule has 0 aliphatic carbocycles. The predicted octanol–water partition coefficient (Wildman–Crippen LogP) is 9.21. The molecule has 1 aliphatic rings. The first-order valence-electron chi connectivity index (χ1n) is 15.5. The molecule has 46 heavy (non-hydrogen) atoms. The Labute approximate surface area is 273 Å². The normalized spacial score (nSPS) is 15.5. The fraction of sp³-hybridized carbons (Fsp3) is 0.154. The SMILES string of the molecule is CC1(C)OB(c2ccc3sc4c(-c5cccc(-c6nc(-c7ccccc7)nc(-c7ccccc7)n6)c5)cccc4c3c2)OC1(C)C. The second-order valence-corrected chi connectivity index (χ2v) is 13.8. The predicted molar refractivity (Wildman–Crippen MR) is 190 cm³/mol. The van der Waals surface area contributed by atoms with Gasteiger partial charge in [-0.1, -0.05) is 109 Å². The lowest BCUT2D eigenvalue weighted by molar-refractivity contribution is 0.00578. The summed E-state index contributed by atoms with van der Waals surface area (Å²) in [6.45, 7) is 8.36. The van der Waals surface area contributed by atoms with Gasteiger partial charge in [-0.15, -0.1) is 11.3 Å². The van der Waals surface area contributed by atoms with E-state index in [1.54, 1.807) is 0 Å². The van der Waals surface area contributed by atoms with Gasteiger partial charge in [0.15, 0.2) is 17.5 Å². The number of hydrogen-bond donors (Lipinski definition) is 0. The molecule has 0 bridgehead atoms. The van der Waals surface area contributed by atoms with Gasteiger partial charge in [-0.3, -0.25) is 0 Å². The summed E-state index contributed by atoms with van der Waals surface area (Å²) in [5.74, 6) is 1.95. The summed E-state index contributed by atoms with van der Waals surface area (Å²) in [4.78, 5) is 14.8. The topological polar surface area (TPSA) is 57.1 Å². The van der Waals surface area contributed by atoms with Crippen LogP contribution in [0.5, 0.6) is 0 Å². The summed E-state index contributed by atoms with van der Waals surface area (Å²) in [5, 5.41) is 2.43. The third-order valence-electron chi connectivity index (χ3n) is 9.18. The molecule has 1 aliphatic heterocycles. The van der Waals surface area contributed by atoms with Crippen LogP contribution in [0.25, 0.3) is 65.5 Å². The van der Waals surface area contributed by atoms with Gasteiger partial charge in [0.1, 0.15) is 0 Å². The molecule has 0 unspecified atom stereocenters. The van der Waals surface area contributed by atoms with Crippen molar-refractivity contribution < 1.29 is 9.31 Å². The van der Waals surface area contributed by atoms with E-state index in [1.165, 1.54) is 25.7 Å². The molecule has 7 heteroatoms. The van der Waals surface area contributed by atoms with Crippen molar-refractivity contribution in [2.45, 2.75) is 38.9 Å². The zero-order valence-corrected chi connectivity index (χ0v) is 27.0. The second kappa shape index (κ2) is 11.0. The molecule has 0 N–H and O–H groups in total. The molecular formula is C39H32BN3O2S. The monoisotopic (exact) mass is 617 g/mol. The first-order chi connectivity index (χ1) is 22.3. The maximum Gasteiger partial charge on any atom is 0.494 e. The molecule has 0 atom stereocenters. The third kappa shape index (κ3) is 5.01. The summed E-state index contributed by atoms with van der Waals surface area (Å²) in [6.07, 6.45) is 0. The van der Waals surface area contributed by atoms with Crippen LogP contribution in [0.4, 0.5) is 0 Å². The Morgan fingerprint density at radius 3 is 1.70 bits per heavy atom. The highest BCUT2D eigenvalue weighted by atomic mass is 32.1. The van der Waals surface area contributed by atoms with Gasteiger partial charge in [-0.25, -0.2) is 15.0 Å². The Morgan fingerprint density at radius 2 is 1.07 bits per heavy atom. The second-order valence-electron chi connectivity index (χ2n) is 12.7. The molecule has 1 saturated heterocycles. The summed E-state index contributed by atoms with van der Waals surface area (Å²) in [5.41, 5.74) is 5.41. The van der Waals surface area contributed by atoms with Crippen molar-refractivity contribution in [1.82, 2.24) is 15.0 Å². The molecule has 1 fully saturated rings. The number of nitrogens with zero attached hydrogens (tertiary/aromatic N) is 3. The molecule has 7 aromatic rings. The molecule has 3 heterocycles. The summed E-state index contributed by atoms with van der Waals surface area (Å²) in [6, 6.07) is 41.8. The average Bonchev–Trinajstić information content (AvgIpc) is 3.57. The van der Waals surface area contributed by atoms with Gasteiger partial charge >= 0.3 is 7.12 Å². The highest BCUT2D eigenvalue weighted by Gasteiger charge is 2.51. The molecule has 8 rings (SSSR count). The van der Waals surface area contributed by atoms with E-state index >= 15 is 0 Å². The number of hydrogen-bond acceptors (Lipinski definition) is 6. The lowest BCUT2D eigenvalue weighted by Crippen LogP contribution is -2.41. The number of benzene rings is 5. The number of thiophene rings is 1. The Kier molecular flexibility index (Phi) is 6.87. The molecule has 2 aromatic heterocycles. The minimum absolute atomic E-state index is 0.385. The van der Waals surface area contributed by atoms with Crippen LogP contribution in [0.15, 0.2) is 121 Å². The quantitative estimate of drug-likeness (QED) is 0.180. The molecule has 5 aromatic carbocycles. The van der Waals surface area contributed by atoms with Crippen LogP contribution in [-0.2, 0) is 9.31 Å². The maximum atomic E-state index is 6.37. The average molecular weight is 618 g/mol. The molecule has 224 valence electrons. The van der Waals surface area contributed by atoms with E-state index in [1.807, 2.05) is 72.0 Å². The van der Waals surface area contributed by atoms with E-state index in [9.17, 15) is 0 Å². The van der Waals surface area contributed by atoms with Crippen LogP contribution >= 0.6 is 11.3 Å². The van der Waals surface area contributed by atoms with Gasteiger partial charge in [-0.05, 0) is 61.8 Å². The number of rotatable bonds is 5. The van der Waals surface area contributed by atoms with Crippen LogP contribution in [0.1, 0.15) is 27.7 Å². The van der Waals surface area contributed by atoms with Crippen molar-refractivity contribution in [3.05, 3.63) is 121 Å². The molecular weight excluding hydrogens is 585 g/mol. The lowest BCUT2D eigenvalue weighted by atomic mass is 9.78. The van der Waals surface area contributed by atoms with Gasteiger partial charge in [0.25, 0.3) is 0 Å². The smallest absolute Gasteiger partial charge is 0.399 e. The van der Waals surface area contributed by atoms with Crippen molar-refractivity contribution in [2.24, 2.45) is 0 Å². The van der Waals surface area contributed by atoms with Gasteiger partial charge in [0.05, 0.1) is 11.2 Å². The minimum atomic E-state index is -0.397. The van der Waals surface area contributed by atoms with E-state index < -0.39 is 7.12 Å². The highest BCUT2D eigenvalue weighted by Crippen LogP contribution is 2.41. The molecule has 5 nitrogen and oxygen atoms in total. The van der Waals surface area contributed by atoms with Gasteiger partial charge < -0.3 is 9.31 Å². The highest BCUT2D eigenvalue weighted by molar-refractivity contribution is 7.26. The Morgan fingerprint density at radius 1 is 0.522 bits per heavy atom. The van der Waals surface area contributed by atoms with Crippen molar-refractivity contribution in [1.29, 1.82) is 0 Å².